The normalized spacial score (nSPS) is 27.6. The van der Waals surface area contributed by atoms with Crippen molar-refractivity contribution in [3.63, 3.8) is 0 Å². The van der Waals surface area contributed by atoms with Crippen LogP contribution >= 0.6 is 0 Å². The van der Waals surface area contributed by atoms with Crippen LogP contribution in [0.5, 0.6) is 0 Å². The summed E-state index contributed by atoms with van der Waals surface area (Å²) >= 11 is 0. The summed E-state index contributed by atoms with van der Waals surface area (Å²) in [6.45, 7) is 3.78. The van der Waals surface area contributed by atoms with E-state index in [1.807, 2.05) is 19.9 Å². The Morgan fingerprint density at radius 3 is 2.88 bits per heavy atom. The molecule has 25 heavy (non-hydrogen) atoms. The van der Waals surface area contributed by atoms with Crippen LogP contribution in [0.2, 0.25) is 0 Å². The highest BCUT2D eigenvalue weighted by atomic mass is 16.6. The lowest BCUT2D eigenvalue weighted by Gasteiger charge is -2.14. The number of hydrogen-bond donors (Lipinski definition) is 3. The smallest absolute Gasteiger partial charge is 0.407 e. The van der Waals surface area contributed by atoms with Gasteiger partial charge in [0.05, 0.1) is 17.9 Å². The van der Waals surface area contributed by atoms with Crippen molar-refractivity contribution in [3.8, 4) is 6.07 Å². The van der Waals surface area contributed by atoms with E-state index in [1.165, 1.54) is 0 Å². The maximum atomic E-state index is 12.0. The Labute approximate surface area is 146 Å². The molecule has 2 aliphatic rings. The maximum absolute atomic E-state index is 12.0. The SMILES string of the molecule is CC(C)NC(=O)O[C@@H]1CC[C@H](c2cc(NC(=O)C3CC3C#N)n[nH]2)C1. The lowest BCUT2D eigenvalue weighted by molar-refractivity contribution is -0.117. The monoisotopic (exact) mass is 345 g/mol. The topological polar surface area (TPSA) is 120 Å². The van der Waals surface area contributed by atoms with E-state index >= 15 is 0 Å². The van der Waals surface area contributed by atoms with Crippen molar-refractivity contribution in [2.45, 2.75) is 57.6 Å². The third kappa shape index (κ3) is 4.29. The van der Waals surface area contributed by atoms with E-state index in [1.54, 1.807) is 0 Å². The first kappa shape index (κ1) is 17.3. The summed E-state index contributed by atoms with van der Waals surface area (Å²) < 4.78 is 5.42. The zero-order valence-electron chi connectivity index (χ0n) is 14.4. The lowest BCUT2D eigenvalue weighted by atomic mass is 10.0. The molecule has 3 rings (SSSR count). The quantitative estimate of drug-likeness (QED) is 0.756. The van der Waals surface area contributed by atoms with Gasteiger partial charge in [0.2, 0.25) is 5.91 Å². The number of nitrogens with one attached hydrogen (secondary N) is 3. The van der Waals surface area contributed by atoms with Crippen LogP contribution in [-0.4, -0.2) is 34.3 Å². The highest BCUT2D eigenvalue weighted by molar-refractivity contribution is 5.94. The summed E-state index contributed by atoms with van der Waals surface area (Å²) in [6.07, 6.45) is 2.58. The molecule has 2 aliphatic carbocycles. The van der Waals surface area contributed by atoms with Gasteiger partial charge in [-0.2, -0.15) is 10.4 Å². The van der Waals surface area contributed by atoms with E-state index in [9.17, 15) is 9.59 Å². The van der Waals surface area contributed by atoms with E-state index in [4.69, 9.17) is 10.00 Å². The van der Waals surface area contributed by atoms with Gasteiger partial charge in [0, 0.05) is 23.7 Å². The third-order valence-corrected chi connectivity index (χ3v) is 4.65. The fourth-order valence-corrected chi connectivity index (χ4v) is 3.21. The predicted octanol–water partition coefficient (Wildman–Crippen LogP) is 2.28. The number of alkyl carbamates (subject to hydrolysis) is 1. The number of aromatic nitrogens is 2. The van der Waals surface area contributed by atoms with Crippen molar-refractivity contribution >= 4 is 17.8 Å². The Morgan fingerprint density at radius 2 is 2.20 bits per heavy atom. The molecule has 2 saturated carbocycles. The van der Waals surface area contributed by atoms with Gasteiger partial charge in [-0.1, -0.05) is 0 Å². The molecule has 2 unspecified atom stereocenters. The molecule has 3 N–H and O–H groups in total. The van der Waals surface area contributed by atoms with Crippen molar-refractivity contribution < 1.29 is 14.3 Å². The largest absolute Gasteiger partial charge is 0.446 e. The average molecular weight is 345 g/mol. The molecular weight excluding hydrogens is 322 g/mol. The van der Waals surface area contributed by atoms with E-state index in [2.05, 4.69) is 26.9 Å². The van der Waals surface area contributed by atoms with Crippen LogP contribution in [0, 0.1) is 23.2 Å². The van der Waals surface area contributed by atoms with Gasteiger partial charge in [0.25, 0.3) is 0 Å². The minimum atomic E-state index is -0.380. The van der Waals surface area contributed by atoms with Gasteiger partial charge in [-0.3, -0.25) is 9.89 Å². The Morgan fingerprint density at radius 1 is 1.40 bits per heavy atom. The highest BCUT2D eigenvalue weighted by Crippen LogP contribution is 2.39. The van der Waals surface area contributed by atoms with Crippen LogP contribution in [0.15, 0.2) is 6.07 Å². The first-order valence-corrected chi connectivity index (χ1v) is 8.69. The molecule has 2 fully saturated rings. The lowest BCUT2D eigenvalue weighted by Crippen LogP contribution is -2.33. The second-order valence-electron chi connectivity index (χ2n) is 7.11. The summed E-state index contributed by atoms with van der Waals surface area (Å²) in [4.78, 5) is 23.6. The molecule has 1 aromatic rings. The number of hydrogen-bond acceptors (Lipinski definition) is 5. The van der Waals surface area contributed by atoms with Crippen molar-refractivity contribution in [2.75, 3.05) is 5.32 Å². The fraction of sp³-hybridized carbons (Fsp3) is 0.647. The number of amides is 2. The Bertz CT molecular complexity index is 693. The van der Waals surface area contributed by atoms with Gasteiger partial charge in [-0.25, -0.2) is 4.79 Å². The van der Waals surface area contributed by atoms with Crippen LogP contribution in [0.25, 0.3) is 0 Å². The number of anilines is 1. The molecule has 0 aliphatic heterocycles. The zero-order chi connectivity index (χ0) is 18.0. The Balaban J connectivity index is 1.49. The summed E-state index contributed by atoms with van der Waals surface area (Å²) in [6, 6.07) is 3.98. The molecule has 0 aromatic carbocycles. The van der Waals surface area contributed by atoms with Crippen LogP contribution in [-0.2, 0) is 9.53 Å². The Hall–Kier alpha value is -2.56. The van der Waals surface area contributed by atoms with Crippen molar-refractivity contribution in [1.29, 1.82) is 5.26 Å². The van der Waals surface area contributed by atoms with Crippen LogP contribution in [0.1, 0.15) is 51.1 Å². The van der Waals surface area contributed by atoms with Gasteiger partial charge in [0.15, 0.2) is 5.82 Å². The number of carbonyl (C=O) groups excluding carboxylic acids is 2. The first-order valence-electron chi connectivity index (χ1n) is 8.69. The summed E-state index contributed by atoms with van der Waals surface area (Å²) in [5.41, 5.74) is 0.929. The van der Waals surface area contributed by atoms with E-state index in [0.29, 0.717) is 12.2 Å². The number of aromatic amines is 1. The van der Waals surface area contributed by atoms with E-state index in [-0.39, 0.29) is 41.9 Å². The average Bonchev–Trinajstić information content (AvgIpc) is 2.96. The van der Waals surface area contributed by atoms with Crippen LogP contribution in [0.4, 0.5) is 10.6 Å². The van der Waals surface area contributed by atoms with E-state index in [0.717, 1.165) is 25.0 Å². The van der Waals surface area contributed by atoms with Crippen molar-refractivity contribution in [3.05, 3.63) is 11.8 Å². The summed E-state index contributed by atoms with van der Waals surface area (Å²) in [5.74, 6) is 0.174. The number of H-pyrrole nitrogens is 1. The molecule has 8 heteroatoms. The second kappa shape index (κ2) is 7.13. The number of ether oxygens (including phenoxy) is 1. The molecule has 0 radical (unpaired) electrons. The van der Waals surface area contributed by atoms with Crippen molar-refractivity contribution in [2.24, 2.45) is 11.8 Å². The second-order valence-corrected chi connectivity index (χ2v) is 7.11. The first-order chi connectivity index (χ1) is 12.0. The molecule has 4 atom stereocenters. The standard InChI is InChI=1S/C17H23N5O3/c1-9(2)19-17(24)25-12-4-3-10(5-12)14-7-15(22-21-14)20-16(23)13-6-11(13)8-18/h7,9-13H,3-6H2,1-2H3,(H,19,24)(H2,20,21,22,23)/t10-,11?,12+,13?/m0/s1. The minimum Gasteiger partial charge on any atom is -0.446 e. The van der Waals surface area contributed by atoms with Gasteiger partial charge in [-0.15, -0.1) is 0 Å². The van der Waals surface area contributed by atoms with E-state index < -0.39 is 0 Å². The molecule has 0 bridgehead atoms. The predicted molar refractivity (Wildman–Crippen MR) is 89.6 cm³/mol. The zero-order valence-corrected chi connectivity index (χ0v) is 14.4. The molecule has 134 valence electrons. The third-order valence-electron chi connectivity index (χ3n) is 4.65. The molecule has 2 amide bonds. The molecule has 0 saturated heterocycles. The number of carbonyl (C=O) groups is 2. The molecule has 0 spiro atoms. The van der Waals surface area contributed by atoms with Crippen LogP contribution in [0.3, 0.4) is 0 Å². The molecule has 1 heterocycles. The van der Waals surface area contributed by atoms with Crippen molar-refractivity contribution in [1.82, 2.24) is 15.5 Å². The molecule has 1 aromatic heterocycles. The van der Waals surface area contributed by atoms with Crippen LogP contribution < -0.4 is 10.6 Å². The number of nitriles is 1. The van der Waals surface area contributed by atoms with Gasteiger partial charge in [0.1, 0.15) is 6.10 Å². The maximum Gasteiger partial charge on any atom is 0.407 e. The number of rotatable bonds is 5. The summed E-state index contributed by atoms with van der Waals surface area (Å²) in [7, 11) is 0. The summed E-state index contributed by atoms with van der Waals surface area (Å²) in [5, 5.41) is 21.3. The van der Waals surface area contributed by atoms with Gasteiger partial charge >= 0.3 is 6.09 Å². The highest BCUT2D eigenvalue weighted by Gasteiger charge is 2.43. The number of nitrogens with zero attached hydrogens (tertiary/aromatic N) is 2. The minimum absolute atomic E-state index is 0.0515. The van der Waals surface area contributed by atoms with Gasteiger partial charge in [-0.05, 0) is 39.5 Å². The van der Waals surface area contributed by atoms with Gasteiger partial charge < -0.3 is 15.4 Å². The fourth-order valence-electron chi connectivity index (χ4n) is 3.21. The molecule has 8 nitrogen and oxygen atoms in total. The molecular formula is C17H23N5O3. The Kier molecular flexibility index (Phi) is 4.93.